The molecule has 0 bridgehead atoms. The zero-order valence-corrected chi connectivity index (χ0v) is 13.3. The molecule has 1 N–H and O–H groups in total. The lowest BCUT2D eigenvalue weighted by atomic mass is 9.94. The molecule has 2 aromatic rings. The highest BCUT2D eigenvalue weighted by Gasteiger charge is 2.29. The first-order chi connectivity index (χ1) is 9.98. The maximum absolute atomic E-state index is 11.6. The Labute approximate surface area is 125 Å². The number of aromatic nitrogens is 2. The smallest absolute Gasteiger partial charge is 0.337 e. The van der Waals surface area contributed by atoms with Crippen LogP contribution in [0.5, 0.6) is 0 Å². The van der Waals surface area contributed by atoms with Crippen LogP contribution in [0.4, 0.5) is 0 Å². The van der Waals surface area contributed by atoms with Gasteiger partial charge in [-0.2, -0.15) is 0 Å². The fourth-order valence-corrected chi connectivity index (χ4v) is 2.89. The SMILES string of the molecule is CCCc1nc2cccc(C(=O)O)c2n1C(C)(CC)CC. The molecular weight excluding hydrogens is 264 g/mol. The third-order valence-electron chi connectivity index (χ3n) is 4.51. The van der Waals surface area contributed by atoms with E-state index in [1.807, 2.05) is 6.07 Å². The van der Waals surface area contributed by atoms with E-state index in [4.69, 9.17) is 4.98 Å². The summed E-state index contributed by atoms with van der Waals surface area (Å²) in [5, 5.41) is 9.52. The molecule has 0 aliphatic carbocycles. The van der Waals surface area contributed by atoms with Crippen LogP contribution in [-0.4, -0.2) is 20.6 Å². The number of carboxylic acid groups (broad SMARTS) is 1. The second-order valence-electron chi connectivity index (χ2n) is 5.80. The lowest BCUT2D eigenvalue weighted by molar-refractivity contribution is 0.0698. The molecule has 0 aliphatic rings. The molecule has 0 radical (unpaired) electrons. The monoisotopic (exact) mass is 288 g/mol. The minimum Gasteiger partial charge on any atom is -0.478 e. The van der Waals surface area contributed by atoms with Gasteiger partial charge in [0.25, 0.3) is 0 Å². The Morgan fingerprint density at radius 2 is 1.95 bits per heavy atom. The van der Waals surface area contributed by atoms with Gasteiger partial charge in [0.15, 0.2) is 0 Å². The maximum Gasteiger partial charge on any atom is 0.337 e. The number of rotatable bonds is 6. The number of nitrogens with zero attached hydrogens (tertiary/aromatic N) is 2. The summed E-state index contributed by atoms with van der Waals surface area (Å²) < 4.78 is 2.18. The molecule has 0 amide bonds. The minimum absolute atomic E-state index is 0.106. The lowest BCUT2D eigenvalue weighted by Crippen LogP contribution is -2.30. The van der Waals surface area contributed by atoms with Gasteiger partial charge in [-0.25, -0.2) is 9.78 Å². The van der Waals surface area contributed by atoms with Gasteiger partial charge in [0.05, 0.1) is 16.6 Å². The molecular formula is C17H24N2O2. The number of carboxylic acids is 1. The highest BCUT2D eigenvalue weighted by Crippen LogP contribution is 2.33. The Kier molecular flexibility index (Phi) is 4.35. The van der Waals surface area contributed by atoms with Crippen molar-refractivity contribution in [2.45, 2.75) is 58.9 Å². The van der Waals surface area contributed by atoms with Crippen LogP contribution < -0.4 is 0 Å². The first-order valence-corrected chi connectivity index (χ1v) is 7.72. The van der Waals surface area contributed by atoms with Crippen LogP contribution in [0.3, 0.4) is 0 Å². The number of benzene rings is 1. The van der Waals surface area contributed by atoms with Crippen LogP contribution in [-0.2, 0) is 12.0 Å². The van der Waals surface area contributed by atoms with Crippen molar-refractivity contribution >= 4 is 17.0 Å². The van der Waals surface area contributed by atoms with Crippen molar-refractivity contribution in [1.29, 1.82) is 0 Å². The van der Waals surface area contributed by atoms with Crippen molar-refractivity contribution in [2.75, 3.05) is 0 Å². The van der Waals surface area contributed by atoms with Crippen LogP contribution >= 0.6 is 0 Å². The molecule has 1 aromatic carbocycles. The van der Waals surface area contributed by atoms with E-state index in [1.54, 1.807) is 12.1 Å². The second kappa shape index (κ2) is 5.88. The Hall–Kier alpha value is -1.84. The molecule has 0 atom stereocenters. The molecule has 0 unspecified atom stereocenters. The number of fused-ring (bicyclic) bond motifs is 1. The minimum atomic E-state index is -0.889. The van der Waals surface area contributed by atoms with E-state index >= 15 is 0 Å². The molecule has 0 aliphatic heterocycles. The summed E-state index contributed by atoms with van der Waals surface area (Å²) in [6, 6.07) is 5.35. The number of aromatic carboxylic acids is 1. The maximum atomic E-state index is 11.6. The first-order valence-electron chi connectivity index (χ1n) is 7.72. The summed E-state index contributed by atoms with van der Waals surface area (Å²) in [4.78, 5) is 16.3. The topological polar surface area (TPSA) is 55.1 Å². The zero-order valence-electron chi connectivity index (χ0n) is 13.3. The predicted octanol–water partition coefficient (Wildman–Crippen LogP) is 4.22. The largest absolute Gasteiger partial charge is 0.478 e. The number of hydrogen-bond donors (Lipinski definition) is 1. The molecule has 2 rings (SSSR count). The lowest BCUT2D eigenvalue weighted by Gasteiger charge is -2.32. The number of hydrogen-bond acceptors (Lipinski definition) is 2. The second-order valence-corrected chi connectivity index (χ2v) is 5.80. The quantitative estimate of drug-likeness (QED) is 0.865. The van der Waals surface area contributed by atoms with E-state index in [9.17, 15) is 9.90 Å². The van der Waals surface area contributed by atoms with Crippen molar-refractivity contribution in [3.8, 4) is 0 Å². The van der Waals surface area contributed by atoms with Gasteiger partial charge in [-0.05, 0) is 38.3 Å². The molecule has 21 heavy (non-hydrogen) atoms. The summed E-state index contributed by atoms with van der Waals surface area (Å²) in [6.45, 7) is 8.60. The summed E-state index contributed by atoms with van der Waals surface area (Å²) in [5.41, 5.74) is 1.78. The highest BCUT2D eigenvalue weighted by atomic mass is 16.4. The number of para-hydroxylation sites is 1. The molecule has 0 spiro atoms. The van der Waals surface area contributed by atoms with Crippen molar-refractivity contribution in [3.05, 3.63) is 29.6 Å². The van der Waals surface area contributed by atoms with Gasteiger partial charge in [-0.15, -0.1) is 0 Å². The van der Waals surface area contributed by atoms with Crippen LogP contribution in [0.15, 0.2) is 18.2 Å². The number of carbonyl (C=O) groups is 1. The summed E-state index contributed by atoms with van der Waals surface area (Å²) in [7, 11) is 0. The molecule has 4 heteroatoms. The highest BCUT2D eigenvalue weighted by molar-refractivity contribution is 6.01. The Morgan fingerprint density at radius 1 is 1.29 bits per heavy atom. The standard InChI is InChI=1S/C17H24N2O2/c1-5-9-14-18-13-11-8-10-12(16(20)21)15(13)19(14)17(4,6-2)7-3/h8,10-11H,5-7,9H2,1-4H3,(H,20,21). The van der Waals surface area contributed by atoms with E-state index < -0.39 is 5.97 Å². The van der Waals surface area contributed by atoms with Gasteiger partial charge in [0.1, 0.15) is 5.82 Å². The van der Waals surface area contributed by atoms with Crippen LogP contribution in [0, 0.1) is 0 Å². The van der Waals surface area contributed by atoms with E-state index in [0.29, 0.717) is 5.56 Å². The van der Waals surface area contributed by atoms with Gasteiger partial charge in [-0.1, -0.05) is 26.8 Å². The fourth-order valence-electron chi connectivity index (χ4n) is 2.89. The average molecular weight is 288 g/mol. The average Bonchev–Trinajstić information content (AvgIpc) is 2.85. The first kappa shape index (κ1) is 15.5. The van der Waals surface area contributed by atoms with Gasteiger partial charge in [-0.3, -0.25) is 0 Å². The predicted molar refractivity (Wildman–Crippen MR) is 84.9 cm³/mol. The normalized spacial score (nSPS) is 12.0. The van der Waals surface area contributed by atoms with E-state index in [1.165, 1.54) is 0 Å². The number of imidazole rings is 1. The molecule has 114 valence electrons. The van der Waals surface area contributed by atoms with Crippen LogP contribution in [0.25, 0.3) is 11.0 Å². The van der Waals surface area contributed by atoms with Crippen molar-refractivity contribution in [1.82, 2.24) is 9.55 Å². The summed E-state index contributed by atoms with van der Waals surface area (Å²) >= 11 is 0. The van der Waals surface area contributed by atoms with Crippen molar-refractivity contribution in [3.63, 3.8) is 0 Å². The third-order valence-corrected chi connectivity index (χ3v) is 4.51. The van der Waals surface area contributed by atoms with E-state index in [0.717, 1.165) is 42.5 Å². The Balaban J connectivity index is 2.86. The molecule has 1 heterocycles. The van der Waals surface area contributed by atoms with Gasteiger partial charge < -0.3 is 9.67 Å². The number of aryl methyl sites for hydroxylation is 1. The van der Waals surface area contributed by atoms with E-state index in [-0.39, 0.29) is 5.54 Å². The van der Waals surface area contributed by atoms with Crippen molar-refractivity contribution in [2.24, 2.45) is 0 Å². The zero-order chi connectivity index (χ0) is 15.6. The molecule has 0 saturated carbocycles. The van der Waals surface area contributed by atoms with Crippen LogP contribution in [0.2, 0.25) is 0 Å². The van der Waals surface area contributed by atoms with Gasteiger partial charge in [0.2, 0.25) is 0 Å². The Morgan fingerprint density at radius 3 is 2.48 bits per heavy atom. The van der Waals surface area contributed by atoms with Crippen molar-refractivity contribution < 1.29 is 9.90 Å². The van der Waals surface area contributed by atoms with Gasteiger partial charge in [0, 0.05) is 12.0 Å². The molecule has 0 fully saturated rings. The summed E-state index contributed by atoms with van der Waals surface area (Å²) in [5.74, 6) is 0.103. The fraction of sp³-hybridized carbons (Fsp3) is 0.529. The Bertz CT molecular complexity index is 654. The molecule has 4 nitrogen and oxygen atoms in total. The molecule has 1 aromatic heterocycles. The molecule has 0 saturated heterocycles. The third kappa shape index (κ3) is 2.55. The van der Waals surface area contributed by atoms with Gasteiger partial charge >= 0.3 is 5.97 Å². The van der Waals surface area contributed by atoms with Crippen LogP contribution in [0.1, 0.15) is 63.1 Å². The van der Waals surface area contributed by atoms with E-state index in [2.05, 4.69) is 32.3 Å². The summed E-state index contributed by atoms with van der Waals surface area (Å²) in [6.07, 6.45) is 3.75.